The number of nitrogens with one attached hydrogen (secondary N) is 1. The largest absolute Gasteiger partial charge is 0.504 e. The molecule has 0 bridgehead atoms. The topological polar surface area (TPSA) is 102 Å². The zero-order chi connectivity index (χ0) is 19.7. The van der Waals surface area contributed by atoms with Crippen molar-refractivity contribution < 1.29 is 24.5 Å². The van der Waals surface area contributed by atoms with Crippen LogP contribution in [0.25, 0.3) is 6.08 Å². The highest BCUT2D eigenvalue weighted by Crippen LogP contribution is 2.31. The summed E-state index contributed by atoms with van der Waals surface area (Å²) in [6, 6.07) is 11.5. The summed E-state index contributed by atoms with van der Waals surface area (Å²) >= 11 is 0. The smallest absolute Gasteiger partial charge is 0.282 e. The Morgan fingerprint density at radius 3 is 2.29 bits per heavy atom. The van der Waals surface area contributed by atoms with Gasteiger partial charge in [-0.15, -0.1) is 0 Å². The number of anilines is 2. The summed E-state index contributed by atoms with van der Waals surface area (Å²) in [5, 5.41) is 20.1. The van der Waals surface area contributed by atoms with Gasteiger partial charge in [-0.25, -0.2) is 5.01 Å². The van der Waals surface area contributed by atoms with Gasteiger partial charge in [-0.2, -0.15) is 0 Å². The number of hydrogen-bond donors (Lipinski definition) is 3. The minimum atomic E-state index is -0.535. The minimum absolute atomic E-state index is 0.00770. The number of benzene rings is 2. The number of hydrogen-bond acceptors (Lipinski definition) is 6. The van der Waals surface area contributed by atoms with Crippen molar-refractivity contribution in [2.75, 3.05) is 36.2 Å². The van der Waals surface area contributed by atoms with E-state index >= 15 is 0 Å². The highest BCUT2D eigenvalue weighted by molar-refractivity contribution is 6.31. The summed E-state index contributed by atoms with van der Waals surface area (Å²) in [5.74, 6) is -1.75. The summed E-state index contributed by atoms with van der Waals surface area (Å²) in [5.41, 5.74) is 4.50. The van der Waals surface area contributed by atoms with Crippen LogP contribution in [-0.2, 0) is 14.3 Å². The SMILES string of the molecule is O=C1NN(c2ccc(O)c(O)c2)C(=O)/C1=C/c1ccc(N2CCOCC2)cc1. The van der Waals surface area contributed by atoms with Gasteiger partial charge in [0, 0.05) is 24.8 Å². The second-order valence-corrected chi connectivity index (χ2v) is 6.50. The first-order chi connectivity index (χ1) is 13.5. The van der Waals surface area contributed by atoms with Crippen LogP contribution in [0, 0.1) is 0 Å². The third-order valence-corrected chi connectivity index (χ3v) is 4.69. The van der Waals surface area contributed by atoms with E-state index in [0.29, 0.717) is 13.2 Å². The average Bonchev–Trinajstić information content (AvgIpc) is 2.99. The summed E-state index contributed by atoms with van der Waals surface area (Å²) in [6.45, 7) is 3.05. The van der Waals surface area contributed by atoms with Gasteiger partial charge in [0.15, 0.2) is 11.5 Å². The van der Waals surface area contributed by atoms with E-state index in [4.69, 9.17) is 4.74 Å². The molecule has 4 rings (SSSR count). The van der Waals surface area contributed by atoms with Crippen LogP contribution in [-0.4, -0.2) is 48.3 Å². The quantitative estimate of drug-likeness (QED) is 0.422. The number of aromatic hydroxyl groups is 2. The van der Waals surface area contributed by atoms with Crippen molar-refractivity contribution in [1.29, 1.82) is 0 Å². The van der Waals surface area contributed by atoms with Crippen molar-refractivity contribution in [2.45, 2.75) is 0 Å². The molecule has 0 spiro atoms. The van der Waals surface area contributed by atoms with Gasteiger partial charge in [-0.05, 0) is 35.9 Å². The number of phenolic OH excluding ortho intramolecular Hbond substituents is 2. The Bertz CT molecular complexity index is 949. The van der Waals surface area contributed by atoms with Gasteiger partial charge < -0.3 is 19.8 Å². The van der Waals surface area contributed by atoms with Crippen molar-refractivity contribution in [3.05, 3.63) is 53.6 Å². The third kappa shape index (κ3) is 3.37. The Balaban J connectivity index is 1.54. The first kappa shape index (κ1) is 17.9. The molecule has 0 atom stereocenters. The van der Waals surface area contributed by atoms with Crippen LogP contribution in [0.1, 0.15) is 5.56 Å². The van der Waals surface area contributed by atoms with Crippen LogP contribution in [0.3, 0.4) is 0 Å². The molecule has 8 nitrogen and oxygen atoms in total. The number of amides is 2. The lowest BCUT2D eigenvalue weighted by molar-refractivity contribution is -0.117. The van der Waals surface area contributed by atoms with Crippen molar-refractivity contribution >= 4 is 29.3 Å². The third-order valence-electron chi connectivity index (χ3n) is 4.69. The molecule has 0 aromatic heterocycles. The summed E-state index contributed by atoms with van der Waals surface area (Å²) in [6.07, 6.45) is 1.53. The number of ether oxygens (including phenoxy) is 1. The fourth-order valence-corrected chi connectivity index (χ4v) is 3.16. The van der Waals surface area contributed by atoms with Gasteiger partial charge in [-0.1, -0.05) is 12.1 Å². The van der Waals surface area contributed by atoms with Crippen LogP contribution in [0.15, 0.2) is 48.0 Å². The van der Waals surface area contributed by atoms with E-state index in [1.807, 2.05) is 24.3 Å². The molecule has 2 aromatic carbocycles. The predicted octanol–water partition coefficient (Wildman–Crippen LogP) is 1.40. The van der Waals surface area contributed by atoms with Crippen LogP contribution in [0.2, 0.25) is 0 Å². The Morgan fingerprint density at radius 2 is 1.61 bits per heavy atom. The number of carbonyl (C=O) groups excluding carboxylic acids is 2. The van der Waals surface area contributed by atoms with Crippen LogP contribution < -0.4 is 15.3 Å². The zero-order valence-electron chi connectivity index (χ0n) is 15.0. The van der Waals surface area contributed by atoms with E-state index in [1.165, 1.54) is 24.3 Å². The molecule has 2 aliphatic rings. The van der Waals surface area contributed by atoms with Crippen molar-refractivity contribution in [3.8, 4) is 11.5 Å². The van der Waals surface area contributed by atoms with E-state index in [0.717, 1.165) is 29.3 Å². The highest BCUT2D eigenvalue weighted by atomic mass is 16.5. The van der Waals surface area contributed by atoms with Gasteiger partial charge in [0.25, 0.3) is 11.8 Å². The number of nitrogens with zero attached hydrogens (tertiary/aromatic N) is 2. The van der Waals surface area contributed by atoms with E-state index in [9.17, 15) is 19.8 Å². The zero-order valence-corrected chi connectivity index (χ0v) is 15.0. The van der Waals surface area contributed by atoms with Gasteiger partial charge in [0.2, 0.25) is 0 Å². The molecule has 2 amide bonds. The Labute approximate surface area is 161 Å². The molecule has 28 heavy (non-hydrogen) atoms. The lowest BCUT2D eigenvalue weighted by Crippen LogP contribution is -2.36. The standard InChI is InChI=1S/C20H19N3O5/c24-17-6-5-15(12-18(17)25)23-20(27)16(19(26)21-23)11-13-1-3-14(4-2-13)22-7-9-28-10-8-22/h1-6,11-12,24-25H,7-10H2,(H,21,26)/b16-11+. The molecule has 0 radical (unpaired) electrons. The lowest BCUT2D eigenvalue weighted by atomic mass is 10.1. The van der Waals surface area contributed by atoms with Gasteiger partial charge in [0.05, 0.1) is 18.9 Å². The second-order valence-electron chi connectivity index (χ2n) is 6.50. The molecule has 2 fully saturated rings. The fraction of sp³-hybridized carbons (Fsp3) is 0.200. The number of morpholine rings is 1. The maximum atomic E-state index is 12.6. The first-order valence-corrected chi connectivity index (χ1v) is 8.85. The highest BCUT2D eigenvalue weighted by Gasteiger charge is 2.34. The Hall–Kier alpha value is -3.52. The van der Waals surface area contributed by atoms with Gasteiger partial charge in [-0.3, -0.25) is 15.0 Å². The molecular weight excluding hydrogens is 362 g/mol. The van der Waals surface area contributed by atoms with Crippen LogP contribution in [0.5, 0.6) is 11.5 Å². The van der Waals surface area contributed by atoms with E-state index in [-0.39, 0.29) is 22.8 Å². The molecule has 144 valence electrons. The van der Waals surface area contributed by atoms with Crippen molar-refractivity contribution in [3.63, 3.8) is 0 Å². The van der Waals surface area contributed by atoms with E-state index in [2.05, 4.69) is 10.3 Å². The predicted molar refractivity (Wildman–Crippen MR) is 103 cm³/mol. The van der Waals surface area contributed by atoms with E-state index in [1.54, 1.807) is 0 Å². The molecule has 8 heteroatoms. The molecular formula is C20H19N3O5. The molecule has 2 aromatic rings. The summed E-state index contributed by atoms with van der Waals surface area (Å²) < 4.78 is 5.35. The minimum Gasteiger partial charge on any atom is -0.504 e. The van der Waals surface area contributed by atoms with Crippen molar-refractivity contribution in [2.24, 2.45) is 0 Å². The number of carbonyl (C=O) groups is 2. The summed E-state index contributed by atoms with van der Waals surface area (Å²) in [4.78, 5) is 27.1. The van der Waals surface area contributed by atoms with Crippen LogP contribution in [0.4, 0.5) is 11.4 Å². The molecule has 2 heterocycles. The second kappa shape index (κ2) is 7.24. The molecule has 3 N–H and O–H groups in total. The number of phenols is 2. The fourth-order valence-electron chi connectivity index (χ4n) is 3.16. The molecule has 0 aliphatic carbocycles. The number of hydrazine groups is 1. The average molecular weight is 381 g/mol. The summed E-state index contributed by atoms with van der Waals surface area (Å²) in [7, 11) is 0. The molecule has 2 saturated heterocycles. The van der Waals surface area contributed by atoms with Gasteiger partial charge >= 0.3 is 0 Å². The maximum Gasteiger partial charge on any atom is 0.282 e. The van der Waals surface area contributed by atoms with Crippen LogP contribution >= 0.6 is 0 Å². The molecule has 0 saturated carbocycles. The monoisotopic (exact) mass is 381 g/mol. The van der Waals surface area contributed by atoms with Gasteiger partial charge in [0.1, 0.15) is 5.57 Å². The Kier molecular flexibility index (Phi) is 4.62. The lowest BCUT2D eigenvalue weighted by Gasteiger charge is -2.28. The maximum absolute atomic E-state index is 12.6. The normalized spacial score (nSPS) is 18.6. The van der Waals surface area contributed by atoms with E-state index < -0.39 is 11.8 Å². The first-order valence-electron chi connectivity index (χ1n) is 8.85. The Morgan fingerprint density at radius 1 is 0.929 bits per heavy atom. The van der Waals surface area contributed by atoms with Crippen molar-refractivity contribution in [1.82, 2.24) is 5.43 Å². The number of rotatable bonds is 3. The molecule has 2 aliphatic heterocycles. The molecule has 0 unspecified atom stereocenters.